The normalized spacial score (nSPS) is 11.1. The summed E-state index contributed by atoms with van der Waals surface area (Å²) in [5.41, 5.74) is 1.04. The Balaban J connectivity index is 1.36. The van der Waals surface area contributed by atoms with E-state index in [0.717, 1.165) is 29.1 Å². The molecule has 0 radical (unpaired) electrons. The van der Waals surface area contributed by atoms with Crippen LogP contribution in [-0.2, 0) is 24.3 Å². The quantitative estimate of drug-likeness (QED) is 0.395. The number of carbonyl (C=O) groups excluding carboxylic acids is 1. The monoisotopic (exact) mass is 396 g/mol. The van der Waals surface area contributed by atoms with E-state index in [2.05, 4.69) is 17.1 Å². The first-order valence-electron chi connectivity index (χ1n) is 8.95. The number of amides is 1. The minimum atomic E-state index is 0.154. The lowest BCUT2D eigenvalue weighted by molar-refractivity contribution is -0.132. The first-order valence-corrected chi connectivity index (χ1v) is 10.6. The maximum absolute atomic E-state index is 12.8. The average Bonchev–Trinajstić information content (AvgIpc) is 3.42. The molecule has 0 aliphatic rings. The molecule has 4 nitrogen and oxygen atoms in total. The molecule has 138 valence electrons. The number of hydrogen-bond acceptors (Lipinski definition) is 5. The highest BCUT2D eigenvalue weighted by atomic mass is 32.1. The molecule has 0 N–H and O–H groups in total. The second-order valence-corrected chi connectivity index (χ2v) is 8.48. The molecule has 0 aliphatic carbocycles. The molecule has 0 bridgehead atoms. The van der Waals surface area contributed by atoms with E-state index in [-0.39, 0.29) is 5.91 Å². The van der Waals surface area contributed by atoms with Crippen LogP contribution in [-0.4, -0.2) is 15.8 Å². The highest BCUT2D eigenvalue weighted by Gasteiger charge is 2.16. The molecule has 3 heterocycles. The Morgan fingerprint density at radius 1 is 1.07 bits per heavy atom. The Bertz CT molecular complexity index is 921. The van der Waals surface area contributed by atoms with Crippen LogP contribution >= 0.6 is 22.7 Å². The molecular weight excluding hydrogens is 376 g/mol. The van der Waals surface area contributed by atoms with Crippen molar-refractivity contribution in [3.05, 3.63) is 75.8 Å². The fourth-order valence-electron chi connectivity index (χ4n) is 2.99. The van der Waals surface area contributed by atoms with Crippen molar-refractivity contribution in [2.75, 3.05) is 0 Å². The Kier molecular flexibility index (Phi) is 5.65. The van der Waals surface area contributed by atoms with Gasteiger partial charge in [-0.3, -0.25) is 4.79 Å². The molecule has 0 spiro atoms. The number of benzene rings is 1. The summed E-state index contributed by atoms with van der Waals surface area (Å²) < 4.78 is 6.65. The summed E-state index contributed by atoms with van der Waals surface area (Å²) in [5, 5.41) is 3.14. The molecule has 3 aromatic heterocycles. The topological polar surface area (TPSA) is 46.3 Å². The lowest BCUT2D eigenvalue weighted by Crippen LogP contribution is -2.29. The van der Waals surface area contributed by atoms with Crippen molar-refractivity contribution in [3.63, 3.8) is 0 Å². The van der Waals surface area contributed by atoms with Crippen LogP contribution in [0.4, 0.5) is 0 Å². The van der Waals surface area contributed by atoms with Gasteiger partial charge in [-0.25, -0.2) is 4.98 Å². The van der Waals surface area contributed by atoms with Crippen molar-refractivity contribution < 1.29 is 9.21 Å². The van der Waals surface area contributed by atoms with Gasteiger partial charge in [0.05, 0.1) is 34.6 Å². The fraction of sp³-hybridized carbons (Fsp3) is 0.238. The summed E-state index contributed by atoms with van der Waals surface area (Å²) in [4.78, 5) is 20.5. The third-order valence-corrected chi connectivity index (χ3v) is 6.28. The number of fused-ring (bicyclic) bond motifs is 1. The number of aryl methyl sites for hydroxylation is 1. The average molecular weight is 397 g/mol. The minimum Gasteiger partial charge on any atom is -0.467 e. The smallest absolute Gasteiger partial charge is 0.223 e. The molecule has 4 aromatic rings. The largest absolute Gasteiger partial charge is 0.467 e. The molecule has 0 unspecified atom stereocenters. The van der Waals surface area contributed by atoms with E-state index < -0.39 is 0 Å². The van der Waals surface area contributed by atoms with Crippen LogP contribution in [0, 0.1) is 0 Å². The van der Waals surface area contributed by atoms with Gasteiger partial charge in [-0.2, -0.15) is 0 Å². The van der Waals surface area contributed by atoms with Gasteiger partial charge in [0.25, 0.3) is 0 Å². The van der Waals surface area contributed by atoms with Crippen molar-refractivity contribution in [3.8, 4) is 0 Å². The second kappa shape index (κ2) is 8.50. The molecular formula is C21H20N2O2S2. The number of aromatic nitrogens is 1. The molecule has 0 saturated carbocycles. The van der Waals surface area contributed by atoms with Gasteiger partial charge in [0.2, 0.25) is 5.91 Å². The number of rotatable bonds is 8. The van der Waals surface area contributed by atoms with Gasteiger partial charge in [0, 0.05) is 11.3 Å². The van der Waals surface area contributed by atoms with Gasteiger partial charge in [-0.05, 0) is 48.6 Å². The lowest BCUT2D eigenvalue weighted by atomic mass is 10.2. The van der Waals surface area contributed by atoms with Gasteiger partial charge in [0.1, 0.15) is 5.76 Å². The van der Waals surface area contributed by atoms with Gasteiger partial charge in [-0.1, -0.05) is 18.2 Å². The highest BCUT2D eigenvalue weighted by Crippen LogP contribution is 2.23. The molecule has 1 aromatic carbocycles. The van der Waals surface area contributed by atoms with E-state index in [9.17, 15) is 4.79 Å². The standard InChI is InChI=1S/C21H20N2O2S2/c24-21(11-3-10-20-22-18-8-1-2-9-19(18)27-20)23(14-16-6-4-12-25-16)15-17-7-5-13-26-17/h1-2,4-9,12-13H,3,10-11,14-15H2. The summed E-state index contributed by atoms with van der Waals surface area (Å²) >= 11 is 3.39. The fourth-order valence-corrected chi connectivity index (χ4v) is 4.72. The lowest BCUT2D eigenvalue weighted by Gasteiger charge is -2.21. The predicted molar refractivity (Wildman–Crippen MR) is 110 cm³/mol. The SMILES string of the molecule is O=C(CCCc1nc2ccccc2s1)N(Cc1ccco1)Cc1cccs1. The molecule has 0 saturated heterocycles. The summed E-state index contributed by atoms with van der Waals surface area (Å²) in [7, 11) is 0. The summed E-state index contributed by atoms with van der Waals surface area (Å²) in [6, 6.07) is 16.0. The molecule has 0 atom stereocenters. The highest BCUT2D eigenvalue weighted by molar-refractivity contribution is 7.18. The van der Waals surface area contributed by atoms with Crippen LogP contribution in [0.2, 0.25) is 0 Å². The molecule has 0 fully saturated rings. The number of thiophene rings is 1. The van der Waals surface area contributed by atoms with Crippen LogP contribution in [0.15, 0.2) is 64.6 Å². The van der Waals surface area contributed by atoms with E-state index in [4.69, 9.17) is 4.42 Å². The third kappa shape index (κ3) is 4.64. The first-order chi connectivity index (χ1) is 13.3. The van der Waals surface area contributed by atoms with Crippen molar-refractivity contribution in [2.24, 2.45) is 0 Å². The number of carbonyl (C=O) groups is 1. The molecule has 6 heteroatoms. The van der Waals surface area contributed by atoms with E-state index in [0.29, 0.717) is 19.5 Å². The van der Waals surface area contributed by atoms with Gasteiger partial charge >= 0.3 is 0 Å². The number of hydrogen-bond donors (Lipinski definition) is 0. The number of para-hydroxylation sites is 1. The molecule has 1 amide bonds. The van der Waals surface area contributed by atoms with Crippen molar-refractivity contribution >= 4 is 38.8 Å². The van der Waals surface area contributed by atoms with Crippen LogP contribution in [0.25, 0.3) is 10.2 Å². The van der Waals surface area contributed by atoms with Crippen molar-refractivity contribution in [1.82, 2.24) is 9.88 Å². The van der Waals surface area contributed by atoms with Crippen LogP contribution in [0.5, 0.6) is 0 Å². The van der Waals surface area contributed by atoms with Gasteiger partial charge < -0.3 is 9.32 Å². The zero-order chi connectivity index (χ0) is 18.5. The van der Waals surface area contributed by atoms with Crippen molar-refractivity contribution in [1.29, 1.82) is 0 Å². The Morgan fingerprint density at radius 2 is 2.00 bits per heavy atom. The van der Waals surface area contributed by atoms with Crippen LogP contribution < -0.4 is 0 Å². The van der Waals surface area contributed by atoms with E-state index >= 15 is 0 Å². The van der Waals surface area contributed by atoms with E-state index in [1.165, 1.54) is 9.58 Å². The second-order valence-electron chi connectivity index (χ2n) is 6.34. The van der Waals surface area contributed by atoms with Crippen LogP contribution in [0.3, 0.4) is 0 Å². The summed E-state index contributed by atoms with van der Waals surface area (Å²) in [6.07, 6.45) is 3.80. The first kappa shape index (κ1) is 17.9. The Labute approximate surface area is 166 Å². The maximum Gasteiger partial charge on any atom is 0.223 e. The van der Waals surface area contributed by atoms with Gasteiger partial charge in [-0.15, -0.1) is 22.7 Å². The zero-order valence-corrected chi connectivity index (χ0v) is 16.5. The minimum absolute atomic E-state index is 0.154. The summed E-state index contributed by atoms with van der Waals surface area (Å²) in [5.74, 6) is 0.965. The maximum atomic E-state index is 12.8. The molecule has 27 heavy (non-hydrogen) atoms. The van der Waals surface area contributed by atoms with E-state index in [1.54, 1.807) is 28.9 Å². The number of thiazole rings is 1. The summed E-state index contributed by atoms with van der Waals surface area (Å²) in [6.45, 7) is 1.13. The number of furan rings is 1. The predicted octanol–water partition coefficient (Wildman–Crippen LogP) is 5.50. The molecule has 4 rings (SSSR count). The zero-order valence-electron chi connectivity index (χ0n) is 14.8. The van der Waals surface area contributed by atoms with E-state index in [1.807, 2.05) is 46.7 Å². The van der Waals surface area contributed by atoms with Gasteiger partial charge in [0.15, 0.2) is 0 Å². The Hall–Kier alpha value is -2.44. The van der Waals surface area contributed by atoms with Crippen LogP contribution in [0.1, 0.15) is 28.5 Å². The Morgan fingerprint density at radius 3 is 2.78 bits per heavy atom. The molecule has 0 aliphatic heterocycles. The third-order valence-electron chi connectivity index (χ3n) is 4.33. The number of nitrogens with zero attached hydrogens (tertiary/aromatic N) is 2. The van der Waals surface area contributed by atoms with Crippen molar-refractivity contribution in [2.45, 2.75) is 32.4 Å².